The third-order valence-electron chi connectivity index (χ3n) is 4.15. The second-order valence-corrected chi connectivity index (χ2v) is 5.80. The largest absolute Gasteiger partial charge is 0.0683 e. The van der Waals surface area contributed by atoms with E-state index in [-0.39, 0.29) is 0 Å². The number of hydrogen-bond donors (Lipinski definition) is 0. The second-order valence-electron chi connectivity index (χ2n) is 5.80. The van der Waals surface area contributed by atoms with Crippen molar-refractivity contribution in [2.75, 3.05) is 0 Å². The minimum Gasteiger partial charge on any atom is -0.0683 e. The van der Waals surface area contributed by atoms with Crippen LogP contribution in [0.1, 0.15) is 108 Å². The van der Waals surface area contributed by atoms with Crippen molar-refractivity contribution in [3.63, 3.8) is 0 Å². The molecule has 3 unspecified atom stereocenters. The first-order valence-electron chi connectivity index (χ1n) is 9.63. The van der Waals surface area contributed by atoms with E-state index in [2.05, 4.69) is 27.7 Å². The Balaban J connectivity index is -0.000000425. The zero-order valence-corrected chi connectivity index (χ0v) is 16.6. The highest BCUT2D eigenvalue weighted by Crippen LogP contribution is 2.37. The maximum Gasteiger partial charge on any atom is -0.0388 e. The summed E-state index contributed by atoms with van der Waals surface area (Å²) in [5.74, 6) is 3.97. The highest BCUT2D eigenvalue weighted by molar-refractivity contribution is 4.77. The van der Waals surface area contributed by atoms with Gasteiger partial charge in [0, 0.05) is 0 Å². The van der Waals surface area contributed by atoms with Gasteiger partial charge in [0.05, 0.1) is 0 Å². The molecule has 0 saturated heterocycles. The van der Waals surface area contributed by atoms with E-state index >= 15 is 0 Å². The fourth-order valence-corrected chi connectivity index (χ4v) is 2.92. The molecule has 1 aliphatic rings. The fourth-order valence-electron chi connectivity index (χ4n) is 2.92. The van der Waals surface area contributed by atoms with E-state index in [1.54, 1.807) is 0 Å². The Morgan fingerprint density at radius 1 is 0.900 bits per heavy atom. The van der Waals surface area contributed by atoms with Gasteiger partial charge in [-0.05, 0) is 42.9 Å². The molecule has 0 heterocycles. The molecule has 0 aliphatic heterocycles. The molecular weight excluding hydrogens is 240 g/mol. The van der Waals surface area contributed by atoms with E-state index in [0.29, 0.717) is 0 Å². The summed E-state index contributed by atoms with van der Waals surface area (Å²) in [6, 6.07) is 0. The number of hydrogen-bond acceptors (Lipinski definition) is 0. The summed E-state index contributed by atoms with van der Waals surface area (Å²) in [4.78, 5) is 0. The average Bonchev–Trinajstić information content (AvgIpc) is 2.51. The predicted octanol–water partition coefficient (Wildman–Crippen LogP) is 7.96. The SMILES string of the molecule is CC.CC.CC.CCC1CCC(CCC(C)C)C(C)C1. The van der Waals surface area contributed by atoms with E-state index in [4.69, 9.17) is 0 Å². The van der Waals surface area contributed by atoms with Crippen LogP contribution < -0.4 is 0 Å². The quantitative estimate of drug-likeness (QED) is 0.491. The van der Waals surface area contributed by atoms with Crippen molar-refractivity contribution < 1.29 is 0 Å². The van der Waals surface area contributed by atoms with Gasteiger partial charge in [0.25, 0.3) is 0 Å². The normalized spacial score (nSPS) is 24.4. The lowest BCUT2D eigenvalue weighted by Crippen LogP contribution is -2.22. The molecule has 0 heteroatoms. The van der Waals surface area contributed by atoms with Crippen LogP contribution in [0.25, 0.3) is 0 Å². The van der Waals surface area contributed by atoms with Gasteiger partial charge in [-0.15, -0.1) is 0 Å². The first-order chi connectivity index (χ1) is 9.63. The first kappa shape index (κ1) is 25.0. The highest BCUT2D eigenvalue weighted by Gasteiger charge is 2.26. The van der Waals surface area contributed by atoms with Crippen molar-refractivity contribution >= 4 is 0 Å². The number of rotatable bonds is 4. The lowest BCUT2D eigenvalue weighted by molar-refractivity contribution is 0.174. The third-order valence-corrected chi connectivity index (χ3v) is 4.15. The van der Waals surface area contributed by atoms with E-state index in [9.17, 15) is 0 Å². The lowest BCUT2D eigenvalue weighted by Gasteiger charge is -2.34. The van der Waals surface area contributed by atoms with Gasteiger partial charge in [-0.2, -0.15) is 0 Å². The van der Waals surface area contributed by atoms with E-state index in [1.807, 2.05) is 41.5 Å². The van der Waals surface area contributed by atoms with Crippen molar-refractivity contribution in [3.05, 3.63) is 0 Å². The smallest absolute Gasteiger partial charge is 0.0388 e. The van der Waals surface area contributed by atoms with Gasteiger partial charge in [-0.25, -0.2) is 0 Å². The summed E-state index contributed by atoms with van der Waals surface area (Å²) in [7, 11) is 0. The van der Waals surface area contributed by atoms with Crippen molar-refractivity contribution in [2.45, 2.75) is 108 Å². The van der Waals surface area contributed by atoms with Crippen LogP contribution in [0.3, 0.4) is 0 Å². The van der Waals surface area contributed by atoms with Crippen LogP contribution in [-0.2, 0) is 0 Å². The molecule has 126 valence electrons. The maximum absolute atomic E-state index is 2.48. The molecule has 0 radical (unpaired) electrons. The summed E-state index contributed by atoms with van der Waals surface area (Å²) in [5.41, 5.74) is 0. The Morgan fingerprint density at radius 2 is 1.40 bits per heavy atom. The van der Waals surface area contributed by atoms with Crippen molar-refractivity contribution in [3.8, 4) is 0 Å². The lowest BCUT2D eigenvalue weighted by atomic mass is 9.72. The average molecular weight is 287 g/mol. The minimum absolute atomic E-state index is 0.895. The zero-order chi connectivity index (χ0) is 16.6. The van der Waals surface area contributed by atoms with Gasteiger partial charge in [-0.3, -0.25) is 0 Å². The molecule has 3 atom stereocenters. The standard InChI is InChI=1S/C14H28.3C2H6/c1-5-13-7-9-14(12(4)10-13)8-6-11(2)3;3*1-2/h11-14H,5-10H2,1-4H3;3*1-2H3. The van der Waals surface area contributed by atoms with Crippen LogP contribution in [0.15, 0.2) is 0 Å². The molecule has 0 amide bonds. The first-order valence-corrected chi connectivity index (χ1v) is 9.63. The van der Waals surface area contributed by atoms with Crippen molar-refractivity contribution in [1.82, 2.24) is 0 Å². The van der Waals surface area contributed by atoms with Crippen molar-refractivity contribution in [1.29, 1.82) is 0 Å². The molecule has 0 spiro atoms. The Morgan fingerprint density at radius 3 is 1.75 bits per heavy atom. The summed E-state index contributed by atoms with van der Waals surface area (Å²) in [6.45, 7) is 21.5. The Labute approximate surface area is 132 Å². The molecule has 1 aliphatic carbocycles. The predicted molar refractivity (Wildman–Crippen MR) is 98.4 cm³/mol. The fraction of sp³-hybridized carbons (Fsp3) is 1.00. The summed E-state index contributed by atoms with van der Waals surface area (Å²) >= 11 is 0. The van der Waals surface area contributed by atoms with Crippen LogP contribution in [-0.4, -0.2) is 0 Å². The topological polar surface area (TPSA) is 0 Å². The molecule has 0 aromatic carbocycles. The third kappa shape index (κ3) is 13.0. The Kier molecular flexibility index (Phi) is 23.7. The van der Waals surface area contributed by atoms with Gasteiger partial charge in [0.1, 0.15) is 0 Å². The molecule has 0 aromatic heterocycles. The molecule has 1 fully saturated rings. The van der Waals surface area contributed by atoms with Gasteiger partial charge in [-0.1, -0.05) is 88.5 Å². The maximum atomic E-state index is 2.48. The molecule has 0 N–H and O–H groups in total. The van der Waals surface area contributed by atoms with Crippen LogP contribution in [0.2, 0.25) is 0 Å². The van der Waals surface area contributed by atoms with Crippen LogP contribution >= 0.6 is 0 Å². The zero-order valence-electron chi connectivity index (χ0n) is 16.6. The van der Waals surface area contributed by atoms with Gasteiger partial charge >= 0.3 is 0 Å². The molecule has 0 nitrogen and oxygen atoms in total. The summed E-state index contributed by atoms with van der Waals surface area (Å²) in [6.07, 6.45) is 8.83. The second kappa shape index (κ2) is 19.0. The van der Waals surface area contributed by atoms with E-state index < -0.39 is 0 Å². The minimum atomic E-state index is 0.895. The molecule has 0 aromatic rings. The van der Waals surface area contributed by atoms with Gasteiger partial charge in [0.15, 0.2) is 0 Å². The molecule has 1 saturated carbocycles. The van der Waals surface area contributed by atoms with Gasteiger partial charge in [0.2, 0.25) is 0 Å². The molecule has 20 heavy (non-hydrogen) atoms. The van der Waals surface area contributed by atoms with E-state index in [1.165, 1.54) is 38.5 Å². The monoisotopic (exact) mass is 286 g/mol. The summed E-state index contributed by atoms with van der Waals surface area (Å²) in [5, 5.41) is 0. The summed E-state index contributed by atoms with van der Waals surface area (Å²) < 4.78 is 0. The molecular formula is C20H46. The van der Waals surface area contributed by atoms with Gasteiger partial charge < -0.3 is 0 Å². The van der Waals surface area contributed by atoms with Crippen molar-refractivity contribution in [2.24, 2.45) is 23.7 Å². The highest BCUT2D eigenvalue weighted by atomic mass is 14.3. The Hall–Kier alpha value is 0. The van der Waals surface area contributed by atoms with Crippen LogP contribution in [0.5, 0.6) is 0 Å². The molecule has 1 rings (SSSR count). The van der Waals surface area contributed by atoms with Crippen LogP contribution in [0, 0.1) is 23.7 Å². The van der Waals surface area contributed by atoms with E-state index in [0.717, 1.165) is 23.7 Å². The molecule has 0 bridgehead atoms. The Bertz CT molecular complexity index is 148. The van der Waals surface area contributed by atoms with Crippen LogP contribution in [0.4, 0.5) is 0 Å².